The van der Waals surface area contributed by atoms with E-state index in [9.17, 15) is 0 Å². The summed E-state index contributed by atoms with van der Waals surface area (Å²) in [6.45, 7) is 2.14. The third-order valence-corrected chi connectivity index (χ3v) is 4.98. The van der Waals surface area contributed by atoms with Crippen LogP contribution in [0.1, 0.15) is 57.8 Å². The molecule has 3 unspecified atom stereocenters. The smallest absolute Gasteiger partial charge is 0.0575 e. The molecule has 0 saturated heterocycles. The summed E-state index contributed by atoms with van der Waals surface area (Å²) in [6, 6.07) is 0.856. The maximum Gasteiger partial charge on any atom is 0.0575 e. The van der Waals surface area contributed by atoms with Gasteiger partial charge in [-0.1, -0.05) is 19.3 Å². The summed E-state index contributed by atoms with van der Waals surface area (Å²) < 4.78 is 5.94. The molecule has 0 bridgehead atoms. The van der Waals surface area contributed by atoms with Crippen molar-refractivity contribution in [3.8, 4) is 0 Å². The van der Waals surface area contributed by atoms with Crippen LogP contribution < -0.4 is 5.32 Å². The van der Waals surface area contributed by atoms with Crippen LogP contribution in [0.15, 0.2) is 0 Å². The van der Waals surface area contributed by atoms with E-state index in [1.165, 1.54) is 64.3 Å². The van der Waals surface area contributed by atoms with E-state index in [4.69, 9.17) is 4.74 Å². The summed E-state index contributed by atoms with van der Waals surface area (Å²) >= 11 is 0. The van der Waals surface area contributed by atoms with Gasteiger partial charge in [0.1, 0.15) is 0 Å². The quantitative estimate of drug-likeness (QED) is 0.717. The zero-order chi connectivity index (χ0) is 11.5. The van der Waals surface area contributed by atoms with E-state index in [2.05, 4.69) is 5.32 Å². The fourth-order valence-electron chi connectivity index (χ4n) is 3.80. The molecule has 0 aromatic carbocycles. The molecular formula is C15H27NO. The highest BCUT2D eigenvalue weighted by atomic mass is 16.5. The van der Waals surface area contributed by atoms with Gasteiger partial charge in [0.05, 0.1) is 6.10 Å². The van der Waals surface area contributed by atoms with E-state index in [0.29, 0.717) is 6.10 Å². The van der Waals surface area contributed by atoms with Crippen molar-refractivity contribution in [3.63, 3.8) is 0 Å². The molecule has 3 atom stereocenters. The van der Waals surface area contributed by atoms with Gasteiger partial charge < -0.3 is 10.1 Å². The van der Waals surface area contributed by atoms with Crippen LogP contribution in [0, 0.1) is 11.8 Å². The number of fused-ring (bicyclic) bond motifs is 1. The monoisotopic (exact) mass is 237 g/mol. The van der Waals surface area contributed by atoms with E-state index in [1.807, 2.05) is 0 Å². The van der Waals surface area contributed by atoms with Crippen LogP contribution >= 0.6 is 0 Å². The second-order valence-corrected chi connectivity index (χ2v) is 6.28. The van der Waals surface area contributed by atoms with Gasteiger partial charge in [0.2, 0.25) is 0 Å². The van der Waals surface area contributed by atoms with Gasteiger partial charge in [0.25, 0.3) is 0 Å². The van der Waals surface area contributed by atoms with Crippen LogP contribution in [0.3, 0.4) is 0 Å². The molecule has 0 heterocycles. The first kappa shape index (κ1) is 12.0. The average molecular weight is 237 g/mol. The Morgan fingerprint density at radius 1 is 1.00 bits per heavy atom. The Morgan fingerprint density at radius 2 is 1.88 bits per heavy atom. The zero-order valence-corrected chi connectivity index (χ0v) is 11.0. The van der Waals surface area contributed by atoms with Crippen LogP contribution in [-0.2, 0) is 4.74 Å². The first-order chi connectivity index (χ1) is 8.43. The number of hydrogen-bond donors (Lipinski definition) is 1. The van der Waals surface area contributed by atoms with Crippen molar-refractivity contribution in [2.24, 2.45) is 11.8 Å². The molecule has 0 spiro atoms. The Kier molecular flexibility index (Phi) is 4.02. The largest absolute Gasteiger partial charge is 0.378 e. The maximum absolute atomic E-state index is 5.94. The minimum absolute atomic E-state index is 0.586. The SMILES string of the molecule is C1CCC(OCCCNC2CCC3CC32)CC1. The van der Waals surface area contributed by atoms with Gasteiger partial charge in [-0.25, -0.2) is 0 Å². The summed E-state index contributed by atoms with van der Waals surface area (Å²) in [5.74, 6) is 2.15. The third kappa shape index (κ3) is 3.23. The molecule has 0 amide bonds. The summed E-state index contributed by atoms with van der Waals surface area (Å²) in [5.41, 5.74) is 0. The van der Waals surface area contributed by atoms with Crippen LogP contribution in [0.5, 0.6) is 0 Å². The van der Waals surface area contributed by atoms with Crippen molar-refractivity contribution >= 4 is 0 Å². The first-order valence-electron chi connectivity index (χ1n) is 7.78. The van der Waals surface area contributed by atoms with Crippen molar-refractivity contribution in [1.29, 1.82) is 0 Å². The lowest BCUT2D eigenvalue weighted by molar-refractivity contribution is 0.0270. The molecule has 0 aliphatic heterocycles. The van der Waals surface area contributed by atoms with E-state index in [1.54, 1.807) is 0 Å². The molecule has 2 heteroatoms. The molecule has 3 aliphatic carbocycles. The van der Waals surface area contributed by atoms with Gasteiger partial charge >= 0.3 is 0 Å². The summed E-state index contributed by atoms with van der Waals surface area (Å²) in [4.78, 5) is 0. The van der Waals surface area contributed by atoms with Gasteiger partial charge in [-0.2, -0.15) is 0 Å². The number of nitrogens with one attached hydrogen (secondary N) is 1. The van der Waals surface area contributed by atoms with E-state index >= 15 is 0 Å². The summed E-state index contributed by atoms with van der Waals surface area (Å²) in [5, 5.41) is 3.73. The lowest BCUT2D eigenvalue weighted by atomic mass is 9.98. The Balaban J connectivity index is 1.21. The summed E-state index contributed by atoms with van der Waals surface area (Å²) in [7, 11) is 0. The topological polar surface area (TPSA) is 21.3 Å². The average Bonchev–Trinajstić information content (AvgIpc) is 3.05. The molecule has 17 heavy (non-hydrogen) atoms. The van der Waals surface area contributed by atoms with Crippen LogP contribution in [0.25, 0.3) is 0 Å². The normalized spacial score (nSPS) is 37.1. The van der Waals surface area contributed by atoms with Crippen molar-refractivity contribution in [3.05, 3.63) is 0 Å². The number of hydrogen-bond acceptors (Lipinski definition) is 2. The molecule has 0 aromatic heterocycles. The minimum atomic E-state index is 0.586. The molecule has 3 fully saturated rings. The Morgan fingerprint density at radius 3 is 2.59 bits per heavy atom. The second kappa shape index (κ2) is 5.71. The lowest BCUT2D eigenvalue weighted by Crippen LogP contribution is -2.30. The lowest BCUT2D eigenvalue weighted by Gasteiger charge is -2.22. The van der Waals surface area contributed by atoms with Crippen molar-refractivity contribution in [1.82, 2.24) is 5.32 Å². The molecule has 3 saturated carbocycles. The number of ether oxygens (including phenoxy) is 1. The predicted molar refractivity (Wildman–Crippen MR) is 70.1 cm³/mol. The minimum Gasteiger partial charge on any atom is -0.378 e. The van der Waals surface area contributed by atoms with Crippen molar-refractivity contribution in [2.45, 2.75) is 69.9 Å². The van der Waals surface area contributed by atoms with E-state index in [-0.39, 0.29) is 0 Å². The van der Waals surface area contributed by atoms with E-state index < -0.39 is 0 Å². The second-order valence-electron chi connectivity index (χ2n) is 6.28. The molecule has 1 N–H and O–H groups in total. The van der Waals surface area contributed by atoms with Gasteiger partial charge in [-0.3, -0.25) is 0 Å². The standard InChI is InChI=1S/C15H27NO/c1-2-5-13(6-3-1)17-10-4-9-16-15-8-7-12-11-14(12)15/h12-16H,1-11H2. The summed E-state index contributed by atoms with van der Waals surface area (Å²) in [6.07, 6.45) is 13.0. The zero-order valence-electron chi connectivity index (χ0n) is 11.0. The van der Waals surface area contributed by atoms with Crippen LogP contribution in [0.2, 0.25) is 0 Å². The van der Waals surface area contributed by atoms with Gasteiger partial charge in [-0.15, -0.1) is 0 Å². The molecule has 3 rings (SSSR count). The highest BCUT2D eigenvalue weighted by molar-refractivity contribution is 5.01. The Hall–Kier alpha value is -0.0800. The van der Waals surface area contributed by atoms with Crippen LogP contribution in [0.4, 0.5) is 0 Å². The Labute approximate surface area is 105 Å². The highest BCUT2D eigenvalue weighted by Gasteiger charge is 2.47. The van der Waals surface area contributed by atoms with Crippen molar-refractivity contribution < 1.29 is 4.74 Å². The fourth-order valence-corrected chi connectivity index (χ4v) is 3.80. The van der Waals surface area contributed by atoms with Gasteiger partial charge in [0, 0.05) is 12.6 Å². The molecule has 2 nitrogen and oxygen atoms in total. The molecule has 3 aliphatic rings. The van der Waals surface area contributed by atoms with Crippen LogP contribution in [-0.4, -0.2) is 25.3 Å². The predicted octanol–water partition coefficient (Wildman–Crippen LogP) is 3.11. The van der Waals surface area contributed by atoms with Gasteiger partial charge in [0.15, 0.2) is 0 Å². The molecule has 98 valence electrons. The van der Waals surface area contributed by atoms with E-state index in [0.717, 1.165) is 24.5 Å². The molecule has 0 radical (unpaired) electrons. The third-order valence-electron chi connectivity index (χ3n) is 4.98. The molecule has 0 aromatic rings. The number of rotatable bonds is 6. The highest BCUT2D eigenvalue weighted by Crippen LogP contribution is 2.51. The fraction of sp³-hybridized carbons (Fsp3) is 1.00. The van der Waals surface area contributed by atoms with Gasteiger partial charge in [-0.05, 0) is 56.9 Å². The van der Waals surface area contributed by atoms with Crippen molar-refractivity contribution in [2.75, 3.05) is 13.2 Å². The first-order valence-corrected chi connectivity index (χ1v) is 7.78. The Bertz CT molecular complexity index is 237. The molecular weight excluding hydrogens is 210 g/mol. The maximum atomic E-state index is 5.94.